The summed E-state index contributed by atoms with van der Waals surface area (Å²) in [5.41, 5.74) is 13.1. The molecule has 0 radical (unpaired) electrons. The van der Waals surface area contributed by atoms with Gasteiger partial charge >= 0.3 is 0 Å². The van der Waals surface area contributed by atoms with Crippen molar-refractivity contribution in [2.24, 2.45) is 11.5 Å². The van der Waals surface area contributed by atoms with Gasteiger partial charge in [0.2, 0.25) is 0 Å². The summed E-state index contributed by atoms with van der Waals surface area (Å²) in [6.07, 6.45) is 0. The second-order valence-electron chi connectivity index (χ2n) is 5.00. The molecule has 0 amide bonds. The summed E-state index contributed by atoms with van der Waals surface area (Å²) in [5.74, 6) is -0.295. The molecule has 0 fully saturated rings. The van der Waals surface area contributed by atoms with Gasteiger partial charge in [0, 0.05) is 22.5 Å². The Kier molecular flexibility index (Phi) is 6.14. The van der Waals surface area contributed by atoms with Crippen molar-refractivity contribution in [2.45, 2.75) is 0 Å². The van der Waals surface area contributed by atoms with Crippen LogP contribution >= 0.6 is 12.2 Å². The van der Waals surface area contributed by atoms with Gasteiger partial charge in [0.25, 0.3) is 0 Å². The summed E-state index contributed by atoms with van der Waals surface area (Å²) in [5, 5.41) is 6.32. The number of ketones is 2. The number of nitrogens with one attached hydrogen (secondary N) is 2. The van der Waals surface area contributed by atoms with Gasteiger partial charge in [-0.2, -0.15) is 0 Å². The normalized spacial score (nSPS) is 10.1. The Morgan fingerprint density at radius 1 is 0.833 bits per heavy atom. The van der Waals surface area contributed by atoms with Crippen LogP contribution in [0.25, 0.3) is 0 Å². The van der Waals surface area contributed by atoms with Gasteiger partial charge in [-0.1, -0.05) is 24.3 Å². The van der Waals surface area contributed by atoms with Crippen LogP contribution in [0.4, 0.5) is 11.4 Å². The zero-order valence-corrected chi connectivity index (χ0v) is 13.7. The van der Waals surface area contributed by atoms with Crippen LogP contribution in [0.1, 0.15) is 20.7 Å². The van der Waals surface area contributed by atoms with Crippen molar-refractivity contribution < 1.29 is 9.59 Å². The second-order valence-corrected chi connectivity index (χ2v) is 5.40. The molecular weight excluding hydrogens is 324 g/mol. The van der Waals surface area contributed by atoms with Gasteiger partial charge in [-0.05, 0) is 36.5 Å². The van der Waals surface area contributed by atoms with E-state index in [0.717, 1.165) is 0 Å². The number of anilines is 2. The molecule has 0 unspecified atom stereocenters. The first-order valence-electron chi connectivity index (χ1n) is 7.28. The number of hydrogen-bond donors (Lipinski definition) is 4. The van der Waals surface area contributed by atoms with Crippen LogP contribution in [0.15, 0.2) is 48.5 Å². The van der Waals surface area contributed by atoms with Crippen LogP contribution < -0.4 is 22.1 Å². The molecule has 0 aliphatic carbocycles. The first-order chi connectivity index (χ1) is 11.5. The molecule has 0 atom stereocenters. The molecule has 0 saturated carbocycles. The fourth-order valence-corrected chi connectivity index (χ4v) is 2.31. The van der Waals surface area contributed by atoms with Crippen LogP contribution in [0.5, 0.6) is 0 Å². The Bertz CT molecular complexity index is 713. The Morgan fingerprint density at radius 3 is 1.62 bits per heavy atom. The number of nitrogens with two attached hydrogens (primary N) is 2. The van der Waals surface area contributed by atoms with Crippen molar-refractivity contribution in [2.75, 3.05) is 23.7 Å². The minimum absolute atomic E-state index is 0.0475. The van der Waals surface area contributed by atoms with E-state index in [2.05, 4.69) is 10.6 Å². The summed E-state index contributed by atoms with van der Waals surface area (Å²) in [7, 11) is 0. The first-order valence-corrected chi connectivity index (χ1v) is 7.69. The molecule has 2 rings (SSSR count). The molecule has 0 bridgehead atoms. The molecule has 124 valence electrons. The zero-order chi connectivity index (χ0) is 17.5. The molecule has 2 aromatic carbocycles. The molecular formula is C17H18N4O2S. The fraction of sp³-hybridized carbons (Fsp3) is 0.118. The van der Waals surface area contributed by atoms with E-state index in [-0.39, 0.29) is 24.7 Å². The first kappa shape index (κ1) is 17.7. The lowest BCUT2D eigenvalue weighted by molar-refractivity contribution is 0.0993. The van der Waals surface area contributed by atoms with E-state index < -0.39 is 0 Å². The van der Waals surface area contributed by atoms with Gasteiger partial charge in [0.15, 0.2) is 16.7 Å². The summed E-state index contributed by atoms with van der Waals surface area (Å²) >= 11 is 5.25. The van der Waals surface area contributed by atoms with Crippen molar-refractivity contribution in [3.63, 3.8) is 0 Å². The summed E-state index contributed by atoms with van der Waals surface area (Å²) in [6.45, 7) is -0.0950. The SMILES string of the molecule is NCC(=O)c1cccc(NC(=S)Nc2cccc(C(=O)CN)c2)c1. The highest BCUT2D eigenvalue weighted by molar-refractivity contribution is 7.80. The predicted octanol–water partition coefficient (Wildman–Crippen LogP) is 1.78. The molecule has 24 heavy (non-hydrogen) atoms. The van der Waals surface area contributed by atoms with Crippen molar-refractivity contribution in [3.05, 3.63) is 59.7 Å². The highest BCUT2D eigenvalue weighted by atomic mass is 32.1. The average Bonchev–Trinajstić information content (AvgIpc) is 2.60. The second kappa shape index (κ2) is 8.30. The Hall–Kier alpha value is -2.61. The third-order valence-corrected chi connectivity index (χ3v) is 3.46. The third kappa shape index (κ3) is 4.69. The van der Waals surface area contributed by atoms with Crippen LogP contribution in [-0.2, 0) is 0 Å². The summed E-state index contributed by atoms with van der Waals surface area (Å²) in [4.78, 5) is 23.3. The predicted molar refractivity (Wildman–Crippen MR) is 99.5 cm³/mol. The Labute approximate surface area is 145 Å². The Balaban J connectivity index is 2.06. The van der Waals surface area contributed by atoms with E-state index >= 15 is 0 Å². The highest BCUT2D eigenvalue weighted by Crippen LogP contribution is 2.14. The molecule has 6 N–H and O–H groups in total. The van der Waals surface area contributed by atoms with E-state index in [1.165, 1.54) is 0 Å². The van der Waals surface area contributed by atoms with Crippen molar-refractivity contribution in [3.8, 4) is 0 Å². The van der Waals surface area contributed by atoms with Gasteiger partial charge in [-0.3, -0.25) is 9.59 Å². The van der Waals surface area contributed by atoms with Crippen LogP contribution in [0.3, 0.4) is 0 Å². The van der Waals surface area contributed by atoms with Gasteiger partial charge in [0.1, 0.15) is 0 Å². The third-order valence-electron chi connectivity index (χ3n) is 3.26. The highest BCUT2D eigenvalue weighted by Gasteiger charge is 2.07. The zero-order valence-electron chi connectivity index (χ0n) is 12.9. The van der Waals surface area contributed by atoms with Gasteiger partial charge in [-0.25, -0.2) is 0 Å². The minimum Gasteiger partial charge on any atom is -0.332 e. The van der Waals surface area contributed by atoms with E-state index in [9.17, 15) is 9.59 Å². The quantitative estimate of drug-likeness (QED) is 0.468. The summed E-state index contributed by atoms with van der Waals surface area (Å²) < 4.78 is 0. The summed E-state index contributed by atoms with van der Waals surface area (Å²) in [6, 6.07) is 13.8. The van der Waals surface area contributed by atoms with E-state index in [1.54, 1.807) is 48.5 Å². The monoisotopic (exact) mass is 342 g/mol. The number of rotatable bonds is 6. The number of benzene rings is 2. The van der Waals surface area contributed by atoms with Crippen LogP contribution in [-0.4, -0.2) is 29.8 Å². The number of carbonyl (C=O) groups is 2. The molecule has 0 heterocycles. The molecule has 0 aliphatic rings. The smallest absolute Gasteiger partial charge is 0.176 e. The Morgan fingerprint density at radius 2 is 1.25 bits per heavy atom. The molecule has 0 aliphatic heterocycles. The van der Waals surface area contributed by atoms with Gasteiger partial charge < -0.3 is 22.1 Å². The lowest BCUT2D eigenvalue weighted by atomic mass is 10.1. The maximum absolute atomic E-state index is 11.6. The standard InChI is InChI=1S/C17H18N4O2S/c18-9-15(22)11-3-1-5-13(7-11)20-17(24)21-14-6-2-4-12(8-14)16(23)10-19/h1-8H,9-10,18-19H2,(H2,20,21,24). The number of hydrogen-bond acceptors (Lipinski definition) is 5. The average molecular weight is 342 g/mol. The van der Waals surface area contributed by atoms with E-state index in [0.29, 0.717) is 27.6 Å². The minimum atomic E-state index is -0.148. The number of carbonyl (C=O) groups excluding carboxylic acids is 2. The lowest BCUT2D eigenvalue weighted by Crippen LogP contribution is -2.20. The van der Waals surface area contributed by atoms with E-state index in [1.807, 2.05) is 0 Å². The molecule has 0 saturated heterocycles. The topological polar surface area (TPSA) is 110 Å². The fourth-order valence-electron chi connectivity index (χ4n) is 2.07. The van der Waals surface area contributed by atoms with Gasteiger partial charge in [0.05, 0.1) is 13.1 Å². The molecule has 7 heteroatoms. The number of thiocarbonyl (C=S) groups is 1. The maximum Gasteiger partial charge on any atom is 0.176 e. The van der Waals surface area contributed by atoms with Crippen LogP contribution in [0, 0.1) is 0 Å². The molecule has 0 aromatic heterocycles. The molecule has 6 nitrogen and oxygen atoms in total. The molecule has 0 spiro atoms. The van der Waals surface area contributed by atoms with Crippen molar-refractivity contribution in [1.82, 2.24) is 0 Å². The lowest BCUT2D eigenvalue weighted by Gasteiger charge is -2.12. The van der Waals surface area contributed by atoms with Gasteiger partial charge in [-0.15, -0.1) is 0 Å². The van der Waals surface area contributed by atoms with Crippen molar-refractivity contribution >= 4 is 40.3 Å². The largest absolute Gasteiger partial charge is 0.332 e. The van der Waals surface area contributed by atoms with Crippen LogP contribution in [0.2, 0.25) is 0 Å². The molecule has 2 aromatic rings. The van der Waals surface area contributed by atoms with E-state index in [4.69, 9.17) is 23.7 Å². The van der Waals surface area contributed by atoms with Crippen molar-refractivity contribution in [1.29, 1.82) is 0 Å². The number of Topliss-reactive ketones (excluding diaryl/α,β-unsaturated/α-hetero) is 2. The maximum atomic E-state index is 11.6.